The molecule has 0 aromatic carbocycles. The van der Waals surface area contributed by atoms with Crippen LogP contribution in [0.3, 0.4) is 0 Å². The zero-order valence-corrected chi connectivity index (χ0v) is 8.99. The van der Waals surface area contributed by atoms with Gasteiger partial charge in [-0.1, -0.05) is 13.0 Å². The Morgan fingerprint density at radius 2 is 2.40 bits per heavy atom. The summed E-state index contributed by atoms with van der Waals surface area (Å²) in [4.78, 5) is 0. The van der Waals surface area contributed by atoms with E-state index in [1.165, 1.54) is 0 Å². The lowest BCUT2D eigenvalue weighted by atomic mass is 10.2. The summed E-state index contributed by atoms with van der Waals surface area (Å²) in [6.07, 6.45) is 2.85. The van der Waals surface area contributed by atoms with Gasteiger partial charge in [0.05, 0.1) is 12.3 Å². The highest BCUT2D eigenvalue weighted by atomic mass is 16.6. The summed E-state index contributed by atoms with van der Waals surface area (Å²) in [5.41, 5.74) is 6.97. The smallest absolute Gasteiger partial charge is 0.197 e. The minimum Gasteiger partial charge on any atom is -0.383 e. The van der Waals surface area contributed by atoms with E-state index in [1.807, 2.05) is 13.0 Å². The maximum atomic E-state index is 5.60. The molecule has 1 aromatic rings. The molecule has 0 saturated carbocycles. The fraction of sp³-hybridized carbons (Fsp3) is 0.556. The molecule has 0 atom stereocenters. The fourth-order valence-electron chi connectivity index (χ4n) is 1.13. The third-order valence-electron chi connectivity index (χ3n) is 1.80. The molecule has 6 heteroatoms. The van der Waals surface area contributed by atoms with E-state index in [0.717, 1.165) is 12.1 Å². The van der Waals surface area contributed by atoms with Crippen molar-refractivity contribution in [2.24, 2.45) is 0 Å². The molecule has 6 nitrogen and oxygen atoms in total. The predicted octanol–water partition coefficient (Wildman–Crippen LogP) is 0.639. The molecule has 0 aliphatic heterocycles. The second-order valence-electron chi connectivity index (χ2n) is 2.94. The summed E-state index contributed by atoms with van der Waals surface area (Å²) in [7, 11) is 1.65. The molecule has 3 N–H and O–H groups in total. The number of ether oxygens (including phenoxy) is 1. The first-order valence-electron chi connectivity index (χ1n) is 4.81. The molecule has 0 aliphatic carbocycles. The number of rotatable bonds is 6. The standard InChI is InChI=1S/C9H16N4O2/c1-3-4-7(11-5-6-14-2)8-9(10)13-15-12-8/h4,11H,3,5-6H2,1-2H3,(H2,10,13)/b7-4-. The Labute approximate surface area is 88.4 Å². The van der Waals surface area contributed by atoms with Gasteiger partial charge in [-0.25, -0.2) is 4.63 Å². The van der Waals surface area contributed by atoms with Crippen molar-refractivity contribution in [3.05, 3.63) is 11.8 Å². The second kappa shape index (κ2) is 6.02. The van der Waals surface area contributed by atoms with E-state index in [1.54, 1.807) is 7.11 Å². The zero-order valence-electron chi connectivity index (χ0n) is 8.99. The van der Waals surface area contributed by atoms with E-state index >= 15 is 0 Å². The van der Waals surface area contributed by atoms with E-state index in [9.17, 15) is 0 Å². The van der Waals surface area contributed by atoms with Gasteiger partial charge in [0.2, 0.25) is 0 Å². The number of hydrogen-bond acceptors (Lipinski definition) is 6. The monoisotopic (exact) mass is 212 g/mol. The Kier molecular flexibility index (Phi) is 4.62. The highest BCUT2D eigenvalue weighted by molar-refractivity contribution is 5.67. The minimum atomic E-state index is 0.291. The van der Waals surface area contributed by atoms with Gasteiger partial charge in [0, 0.05) is 13.7 Å². The zero-order chi connectivity index (χ0) is 11.1. The summed E-state index contributed by atoms with van der Waals surface area (Å²) in [5, 5.41) is 10.4. The molecule has 0 saturated heterocycles. The maximum Gasteiger partial charge on any atom is 0.197 e. The van der Waals surface area contributed by atoms with Crippen molar-refractivity contribution < 1.29 is 9.37 Å². The number of hydrogen-bond donors (Lipinski definition) is 2. The maximum absolute atomic E-state index is 5.60. The van der Waals surface area contributed by atoms with Crippen LogP contribution < -0.4 is 11.1 Å². The lowest BCUT2D eigenvalue weighted by molar-refractivity contribution is 0.203. The number of allylic oxidation sites excluding steroid dienone is 1. The summed E-state index contributed by atoms with van der Waals surface area (Å²) in [6.45, 7) is 3.34. The van der Waals surface area contributed by atoms with Crippen molar-refractivity contribution in [1.29, 1.82) is 0 Å². The Hall–Kier alpha value is -1.56. The molecule has 84 valence electrons. The van der Waals surface area contributed by atoms with Crippen molar-refractivity contribution in [3.8, 4) is 0 Å². The first-order chi connectivity index (χ1) is 7.29. The molecule has 0 bridgehead atoms. The van der Waals surface area contributed by atoms with Crippen LogP contribution >= 0.6 is 0 Å². The number of methoxy groups -OCH3 is 1. The molecule has 15 heavy (non-hydrogen) atoms. The molecule has 1 rings (SSSR count). The van der Waals surface area contributed by atoms with Gasteiger partial charge < -0.3 is 15.8 Å². The van der Waals surface area contributed by atoms with Crippen LogP contribution in [0.15, 0.2) is 10.7 Å². The molecular weight excluding hydrogens is 196 g/mol. The van der Waals surface area contributed by atoms with Crippen molar-refractivity contribution in [2.75, 3.05) is 26.0 Å². The average molecular weight is 212 g/mol. The van der Waals surface area contributed by atoms with Crippen LogP contribution in [0.4, 0.5) is 5.82 Å². The van der Waals surface area contributed by atoms with E-state index in [-0.39, 0.29) is 0 Å². The Morgan fingerprint density at radius 1 is 1.60 bits per heavy atom. The van der Waals surface area contributed by atoms with Gasteiger partial charge in [0.25, 0.3) is 0 Å². The normalized spacial score (nSPS) is 11.7. The van der Waals surface area contributed by atoms with Crippen LogP contribution in [-0.2, 0) is 4.74 Å². The Bertz CT molecular complexity index is 322. The molecule has 0 amide bonds. The Balaban J connectivity index is 2.67. The number of anilines is 1. The molecule has 0 spiro atoms. The van der Waals surface area contributed by atoms with Gasteiger partial charge in [-0.3, -0.25) is 0 Å². The quantitative estimate of drug-likeness (QED) is 0.673. The fourth-order valence-corrected chi connectivity index (χ4v) is 1.13. The minimum absolute atomic E-state index is 0.291. The largest absolute Gasteiger partial charge is 0.383 e. The van der Waals surface area contributed by atoms with Gasteiger partial charge in [0.15, 0.2) is 11.5 Å². The first-order valence-corrected chi connectivity index (χ1v) is 4.81. The van der Waals surface area contributed by atoms with Crippen LogP contribution in [0.5, 0.6) is 0 Å². The van der Waals surface area contributed by atoms with Crippen molar-refractivity contribution in [1.82, 2.24) is 15.6 Å². The molecule has 0 unspecified atom stereocenters. The van der Waals surface area contributed by atoms with Crippen molar-refractivity contribution in [3.63, 3.8) is 0 Å². The molecule has 0 radical (unpaired) electrons. The summed E-state index contributed by atoms with van der Waals surface area (Å²) >= 11 is 0. The third-order valence-corrected chi connectivity index (χ3v) is 1.80. The van der Waals surface area contributed by atoms with Crippen molar-refractivity contribution in [2.45, 2.75) is 13.3 Å². The SMILES string of the molecule is CC/C=C(\NCCOC)c1nonc1N. The topological polar surface area (TPSA) is 86.2 Å². The molecular formula is C9H16N4O2. The number of nitrogens with two attached hydrogens (primary N) is 1. The summed E-state index contributed by atoms with van der Waals surface area (Å²) in [5.74, 6) is 0.291. The lowest BCUT2D eigenvalue weighted by Crippen LogP contribution is -2.18. The van der Waals surface area contributed by atoms with Gasteiger partial charge in [0.1, 0.15) is 0 Å². The van der Waals surface area contributed by atoms with Gasteiger partial charge in [-0.15, -0.1) is 0 Å². The van der Waals surface area contributed by atoms with Crippen LogP contribution in [0, 0.1) is 0 Å². The first kappa shape index (κ1) is 11.5. The van der Waals surface area contributed by atoms with E-state index < -0.39 is 0 Å². The van der Waals surface area contributed by atoms with E-state index in [4.69, 9.17) is 10.5 Å². The van der Waals surface area contributed by atoms with Crippen LogP contribution in [0.1, 0.15) is 19.0 Å². The van der Waals surface area contributed by atoms with E-state index in [0.29, 0.717) is 24.7 Å². The highest BCUT2D eigenvalue weighted by Crippen LogP contribution is 2.14. The Morgan fingerprint density at radius 3 is 2.93 bits per heavy atom. The molecule has 1 heterocycles. The number of nitrogens with one attached hydrogen (secondary N) is 1. The summed E-state index contributed by atoms with van der Waals surface area (Å²) in [6, 6.07) is 0. The van der Waals surface area contributed by atoms with Crippen LogP contribution in [0.2, 0.25) is 0 Å². The molecule has 1 aromatic heterocycles. The van der Waals surface area contributed by atoms with Crippen LogP contribution in [-0.4, -0.2) is 30.6 Å². The van der Waals surface area contributed by atoms with Gasteiger partial charge >= 0.3 is 0 Å². The highest BCUT2D eigenvalue weighted by Gasteiger charge is 2.10. The van der Waals surface area contributed by atoms with Gasteiger partial charge in [-0.2, -0.15) is 0 Å². The third kappa shape index (κ3) is 3.25. The molecule has 0 aliphatic rings. The number of nitrogen functional groups attached to an aromatic ring is 1. The second-order valence-corrected chi connectivity index (χ2v) is 2.94. The van der Waals surface area contributed by atoms with Crippen molar-refractivity contribution >= 4 is 11.5 Å². The van der Waals surface area contributed by atoms with Crippen LogP contribution in [0.25, 0.3) is 5.70 Å². The van der Waals surface area contributed by atoms with E-state index in [2.05, 4.69) is 20.3 Å². The summed E-state index contributed by atoms with van der Waals surface area (Å²) < 4.78 is 9.48. The average Bonchev–Trinajstić information content (AvgIpc) is 2.64. The molecule has 0 fully saturated rings. The number of nitrogens with zero attached hydrogens (tertiary/aromatic N) is 2. The predicted molar refractivity (Wildman–Crippen MR) is 56.9 cm³/mol. The lowest BCUT2D eigenvalue weighted by Gasteiger charge is -2.07. The number of aromatic nitrogens is 2. The van der Waals surface area contributed by atoms with Gasteiger partial charge in [-0.05, 0) is 16.7 Å².